The number of carbonyl (C=O) groups is 1. The van der Waals surface area contributed by atoms with Crippen LogP contribution in [0.3, 0.4) is 0 Å². The number of aliphatic carboxylic acids is 1. The molecule has 6 heteroatoms. The summed E-state index contributed by atoms with van der Waals surface area (Å²) in [6.07, 6.45) is 1.71. The summed E-state index contributed by atoms with van der Waals surface area (Å²) in [4.78, 5) is 16.8. The molecule has 0 unspecified atom stereocenters. The topological polar surface area (TPSA) is 62.2 Å². The van der Waals surface area contributed by atoms with E-state index in [1.54, 1.807) is 0 Å². The van der Waals surface area contributed by atoms with Gasteiger partial charge in [-0.15, -0.1) is 0 Å². The fourth-order valence-electron chi connectivity index (χ4n) is 4.65. The molecular formula is C19H26N2O4. The van der Waals surface area contributed by atoms with Crippen molar-refractivity contribution >= 4 is 5.97 Å². The quantitative estimate of drug-likeness (QED) is 0.900. The maximum Gasteiger partial charge on any atom is 0.311 e. The highest BCUT2D eigenvalue weighted by Gasteiger charge is 2.52. The Balaban J connectivity index is 1.50. The number of likely N-dealkylation sites (tertiary alicyclic amines) is 2. The monoisotopic (exact) mass is 346 g/mol. The van der Waals surface area contributed by atoms with Gasteiger partial charge in [0.15, 0.2) is 11.5 Å². The van der Waals surface area contributed by atoms with E-state index in [1.165, 1.54) is 5.56 Å². The average molecular weight is 346 g/mol. The first-order valence-electron chi connectivity index (χ1n) is 9.17. The molecule has 0 spiro atoms. The third kappa shape index (κ3) is 2.98. The number of hydrogen-bond donors (Lipinski definition) is 1. The van der Waals surface area contributed by atoms with E-state index in [0.717, 1.165) is 57.1 Å². The van der Waals surface area contributed by atoms with Gasteiger partial charge < -0.3 is 19.5 Å². The van der Waals surface area contributed by atoms with Crippen molar-refractivity contribution in [1.82, 2.24) is 9.80 Å². The number of benzene rings is 1. The normalized spacial score (nSPS) is 29.4. The zero-order valence-corrected chi connectivity index (χ0v) is 14.7. The minimum atomic E-state index is -0.613. The molecule has 0 aliphatic carbocycles. The van der Waals surface area contributed by atoms with E-state index < -0.39 is 11.4 Å². The lowest BCUT2D eigenvalue weighted by atomic mass is 9.75. The first-order chi connectivity index (χ1) is 12.1. The highest BCUT2D eigenvalue weighted by Crippen LogP contribution is 2.43. The third-order valence-electron chi connectivity index (χ3n) is 6.06. The number of carboxylic acids is 1. The van der Waals surface area contributed by atoms with Crippen LogP contribution in [0, 0.1) is 11.3 Å². The summed E-state index contributed by atoms with van der Waals surface area (Å²) in [7, 11) is 0. The number of rotatable bonds is 4. The summed E-state index contributed by atoms with van der Waals surface area (Å²) < 4.78 is 10.9. The fourth-order valence-corrected chi connectivity index (χ4v) is 4.65. The van der Waals surface area contributed by atoms with E-state index in [4.69, 9.17) is 9.47 Å². The molecule has 3 aliphatic rings. The van der Waals surface area contributed by atoms with Crippen LogP contribution in [0.5, 0.6) is 11.5 Å². The summed E-state index contributed by atoms with van der Waals surface area (Å²) in [5.41, 5.74) is 0.622. The molecule has 1 N–H and O–H groups in total. The van der Waals surface area contributed by atoms with E-state index in [2.05, 4.69) is 22.8 Å². The Hall–Kier alpha value is -1.79. The van der Waals surface area contributed by atoms with E-state index in [0.29, 0.717) is 13.3 Å². The van der Waals surface area contributed by atoms with Gasteiger partial charge in [-0.2, -0.15) is 0 Å². The van der Waals surface area contributed by atoms with Crippen molar-refractivity contribution in [3.8, 4) is 11.5 Å². The summed E-state index contributed by atoms with van der Waals surface area (Å²) in [5, 5.41) is 9.94. The zero-order valence-electron chi connectivity index (χ0n) is 14.7. The molecule has 0 bridgehead atoms. The molecule has 2 fully saturated rings. The minimum Gasteiger partial charge on any atom is -0.481 e. The van der Waals surface area contributed by atoms with Crippen molar-refractivity contribution in [3.05, 3.63) is 23.8 Å². The molecule has 0 amide bonds. The van der Waals surface area contributed by atoms with Crippen LogP contribution in [0.1, 0.15) is 25.3 Å². The summed E-state index contributed by atoms with van der Waals surface area (Å²) in [5.74, 6) is 1.20. The Morgan fingerprint density at radius 1 is 1.28 bits per heavy atom. The highest BCUT2D eigenvalue weighted by molar-refractivity contribution is 5.76. The Morgan fingerprint density at radius 2 is 2.08 bits per heavy atom. The Labute approximate surface area is 148 Å². The van der Waals surface area contributed by atoms with Crippen LogP contribution in [0.2, 0.25) is 0 Å². The summed E-state index contributed by atoms with van der Waals surface area (Å²) >= 11 is 0. The number of carboxylic acid groups (broad SMARTS) is 1. The van der Waals surface area contributed by atoms with Crippen molar-refractivity contribution in [1.29, 1.82) is 0 Å². The lowest BCUT2D eigenvalue weighted by molar-refractivity contribution is -0.151. The van der Waals surface area contributed by atoms with Gasteiger partial charge in [0.05, 0.1) is 5.41 Å². The largest absolute Gasteiger partial charge is 0.481 e. The number of ether oxygens (including phenoxy) is 2. The van der Waals surface area contributed by atoms with Crippen LogP contribution in [-0.2, 0) is 11.3 Å². The molecule has 2 atom stereocenters. The van der Waals surface area contributed by atoms with Gasteiger partial charge in [-0.05, 0) is 43.6 Å². The van der Waals surface area contributed by atoms with E-state index in [-0.39, 0.29) is 5.92 Å². The molecule has 2 saturated heterocycles. The predicted octanol–water partition coefficient (Wildman–Crippen LogP) is 2.03. The van der Waals surface area contributed by atoms with Crippen LogP contribution in [0.15, 0.2) is 18.2 Å². The van der Waals surface area contributed by atoms with Crippen molar-refractivity contribution in [2.45, 2.75) is 26.3 Å². The molecule has 1 aromatic carbocycles. The fraction of sp³-hybridized carbons (Fsp3) is 0.632. The smallest absolute Gasteiger partial charge is 0.311 e. The van der Waals surface area contributed by atoms with Crippen molar-refractivity contribution < 1.29 is 19.4 Å². The van der Waals surface area contributed by atoms with Crippen LogP contribution < -0.4 is 9.47 Å². The lowest BCUT2D eigenvalue weighted by Gasteiger charge is -2.29. The maximum atomic E-state index is 12.1. The molecule has 0 radical (unpaired) electrons. The van der Waals surface area contributed by atoms with Crippen LogP contribution in [0.4, 0.5) is 0 Å². The van der Waals surface area contributed by atoms with Crippen LogP contribution in [0.25, 0.3) is 0 Å². The summed E-state index contributed by atoms with van der Waals surface area (Å²) in [6.45, 7) is 7.54. The molecule has 1 aromatic rings. The minimum absolute atomic E-state index is 0.196. The lowest BCUT2D eigenvalue weighted by Crippen LogP contribution is -2.41. The van der Waals surface area contributed by atoms with Gasteiger partial charge >= 0.3 is 5.97 Å². The predicted molar refractivity (Wildman–Crippen MR) is 92.7 cm³/mol. The van der Waals surface area contributed by atoms with Crippen molar-refractivity contribution in [2.75, 3.05) is 39.5 Å². The van der Waals surface area contributed by atoms with Gasteiger partial charge in [-0.25, -0.2) is 0 Å². The maximum absolute atomic E-state index is 12.1. The molecule has 3 aliphatic heterocycles. The summed E-state index contributed by atoms with van der Waals surface area (Å²) in [6, 6.07) is 6.09. The van der Waals surface area contributed by atoms with E-state index in [9.17, 15) is 9.90 Å². The molecule has 25 heavy (non-hydrogen) atoms. The second kappa shape index (κ2) is 6.50. The highest BCUT2D eigenvalue weighted by atomic mass is 16.7. The number of fused-ring (bicyclic) bond motifs is 2. The Morgan fingerprint density at radius 3 is 2.88 bits per heavy atom. The van der Waals surface area contributed by atoms with Gasteiger partial charge in [-0.1, -0.05) is 13.0 Å². The van der Waals surface area contributed by atoms with Crippen molar-refractivity contribution in [2.24, 2.45) is 11.3 Å². The molecule has 0 saturated carbocycles. The van der Waals surface area contributed by atoms with Crippen LogP contribution in [-0.4, -0.2) is 60.4 Å². The third-order valence-corrected chi connectivity index (χ3v) is 6.06. The van der Waals surface area contributed by atoms with Crippen LogP contribution >= 0.6 is 0 Å². The van der Waals surface area contributed by atoms with E-state index in [1.807, 2.05) is 12.1 Å². The number of hydrogen-bond acceptors (Lipinski definition) is 5. The molecule has 136 valence electrons. The standard InChI is InChI=1S/C19H26N2O4/c1-2-20-10-15-11-21(7-3-6-19(15,12-20)18(22)23)9-14-4-5-16-17(8-14)25-13-24-16/h4-5,8,15H,2-3,6-7,9-13H2,1H3,(H,22,23)/t15-,19+/m1/s1. The van der Waals surface area contributed by atoms with Gasteiger partial charge in [0, 0.05) is 32.1 Å². The SMILES string of the molecule is CCN1C[C@@H]2CN(Cc3ccc4c(c3)OCO4)CCC[C@]2(C(=O)O)C1. The second-order valence-electron chi connectivity index (χ2n) is 7.51. The molecule has 0 aromatic heterocycles. The molecule has 4 rings (SSSR count). The second-order valence-corrected chi connectivity index (χ2v) is 7.51. The Kier molecular flexibility index (Phi) is 4.33. The van der Waals surface area contributed by atoms with Crippen molar-refractivity contribution in [3.63, 3.8) is 0 Å². The van der Waals surface area contributed by atoms with Gasteiger partial charge in [0.2, 0.25) is 6.79 Å². The molecule has 6 nitrogen and oxygen atoms in total. The zero-order chi connectivity index (χ0) is 17.4. The first-order valence-corrected chi connectivity index (χ1v) is 9.17. The van der Waals surface area contributed by atoms with E-state index >= 15 is 0 Å². The molecular weight excluding hydrogens is 320 g/mol. The molecule has 3 heterocycles. The average Bonchev–Trinajstić information content (AvgIpc) is 3.16. The van der Waals surface area contributed by atoms with Gasteiger partial charge in [0.1, 0.15) is 0 Å². The Bertz CT molecular complexity index is 665. The number of nitrogens with zero attached hydrogens (tertiary/aromatic N) is 2. The van der Waals surface area contributed by atoms with Gasteiger partial charge in [0.25, 0.3) is 0 Å². The first kappa shape index (κ1) is 16.7. The van der Waals surface area contributed by atoms with Gasteiger partial charge in [-0.3, -0.25) is 9.69 Å².